The van der Waals surface area contributed by atoms with Crippen molar-refractivity contribution in [2.75, 3.05) is 20.7 Å². The van der Waals surface area contributed by atoms with E-state index in [9.17, 15) is 4.79 Å². The molecule has 0 aliphatic carbocycles. The highest BCUT2D eigenvalue weighted by Gasteiger charge is 2.21. The highest BCUT2D eigenvalue weighted by molar-refractivity contribution is 5.78. The molecule has 0 spiro atoms. The maximum Gasteiger partial charge on any atom is 0.227 e. The van der Waals surface area contributed by atoms with Crippen LogP contribution in [-0.4, -0.2) is 31.5 Å². The Morgan fingerprint density at radius 1 is 1.30 bits per heavy atom. The molecule has 0 saturated heterocycles. The third kappa shape index (κ3) is 4.85. The van der Waals surface area contributed by atoms with Crippen LogP contribution >= 0.6 is 0 Å². The third-order valence-electron chi connectivity index (χ3n) is 3.34. The Balaban J connectivity index is 2.63. The molecule has 2 N–H and O–H groups in total. The monoisotopic (exact) mass is 278 g/mol. The zero-order valence-corrected chi connectivity index (χ0v) is 12.9. The lowest BCUT2D eigenvalue weighted by Gasteiger charge is -2.24. The van der Waals surface area contributed by atoms with Crippen molar-refractivity contribution in [3.63, 3.8) is 0 Å². The summed E-state index contributed by atoms with van der Waals surface area (Å²) >= 11 is 0. The van der Waals surface area contributed by atoms with Crippen molar-refractivity contribution in [2.45, 2.75) is 26.8 Å². The normalized spacial score (nSPS) is 12.3. The van der Waals surface area contributed by atoms with Gasteiger partial charge in [0.25, 0.3) is 0 Å². The van der Waals surface area contributed by atoms with Crippen molar-refractivity contribution in [3.8, 4) is 5.75 Å². The fourth-order valence-electron chi connectivity index (χ4n) is 2.26. The minimum atomic E-state index is -0.0850. The molecule has 1 aromatic rings. The van der Waals surface area contributed by atoms with Crippen LogP contribution in [0, 0.1) is 11.8 Å². The summed E-state index contributed by atoms with van der Waals surface area (Å²) in [6.45, 7) is 5.22. The predicted molar refractivity (Wildman–Crippen MR) is 81.5 cm³/mol. The first-order chi connectivity index (χ1) is 9.47. The molecule has 112 valence electrons. The van der Waals surface area contributed by atoms with Crippen LogP contribution < -0.4 is 10.5 Å². The molecule has 4 nitrogen and oxygen atoms in total. The number of carbonyl (C=O) groups is 1. The smallest absolute Gasteiger partial charge is 0.227 e. The lowest BCUT2D eigenvalue weighted by atomic mass is 9.96. The number of carbonyl (C=O) groups excluding carboxylic acids is 1. The van der Waals surface area contributed by atoms with Crippen molar-refractivity contribution in [1.82, 2.24) is 4.90 Å². The number of methoxy groups -OCH3 is 1. The lowest BCUT2D eigenvalue weighted by molar-refractivity contribution is -0.134. The highest BCUT2D eigenvalue weighted by Crippen LogP contribution is 2.16. The molecule has 0 aliphatic rings. The molecule has 1 aromatic carbocycles. The van der Waals surface area contributed by atoms with Crippen molar-refractivity contribution in [1.29, 1.82) is 0 Å². The number of amides is 1. The van der Waals surface area contributed by atoms with E-state index in [1.165, 1.54) is 0 Å². The molecular formula is C16H26N2O2. The molecule has 4 heteroatoms. The van der Waals surface area contributed by atoms with Gasteiger partial charge in [-0.2, -0.15) is 0 Å². The molecule has 1 atom stereocenters. The van der Waals surface area contributed by atoms with Gasteiger partial charge < -0.3 is 15.4 Å². The molecular weight excluding hydrogens is 252 g/mol. The first-order valence-electron chi connectivity index (χ1n) is 7.05. The number of nitrogens with two attached hydrogens (primary N) is 1. The summed E-state index contributed by atoms with van der Waals surface area (Å²) < 4.78 is 5.12. The molecule has 20 heavy (non-hydrogen) atoms. The number of rotatable bonds is 7. The minimum absolute atomic E-state index is 0.0850. The summed E-state index contributed by atoms with van der Waals surface area (Å²) in [4.78, 5) is 14.1. The van der Waals surface area contributed by atoms with Crippen LogP contribution in [0.4, 0.5) is 0 Å². The van der Waals surface area contributed by atoms with Crippen LogP contribution in [0.25, 0.3) is 0 Å². The third-order valence-corrected chi connectivity index (χ3v) is 3.34. The SMILES string of the molecule is COc1ccc(CN(C)C(=O)C(CN)CC(C)C)cc1. The molecule has 0 saturated carbocycles. The van der Waals surface area contributed by atoms with Gasteiger partial charge in [-0.25, -0.2) is 0 Å². The first kappa shape index (κ1) is 16.5. The zero-order chi connectivity index (χ0) is 15.1. The van der Waals surface area contributed by atoms with Crippen molar-refractivity contribution >= 4 is 5.91 Å². The Labute approximate surface area is 121 Å². The maximum atomic E-state index is 12.4. The van der Waals surface area contributed by atoms with Crippen LogP contribution in [0.15, 0.2) is 24.3 Å². The van der Waals surface area contributed by atoms with Gasteiger partial charge in [0, 0.05) is 20.1 Å². The van der Waals surface area contributed by atoms with Crippen LogP contribution in [0.5, 0.6) is 5.75 Å². The van der Waals surface area contributed by atoms with Gasteiger partial charge in [-0.05, 0) is 30.0 Å². The zero-order valence-electron chi connectivity index (χ0n) is 12.9. The van der Waals surface area contributed by atoms with E-state index in [-0.39, 0.29) is 11.8 Å². The second-order valence-electron chi connectivity index (χ2n) is 5.60. The van der Waals surface area contributed by atoms with E-state index in [1.807, 2.05) is 31.3 Å². The van der Waals surface area contributed by atoms with Gasteiger partial charge in [-0.3, -0.25) is 4.79 Å². The second-order valence-corrected chi connectivity index (χ2v) is 5.60. The average Bonchev–Trinajstić information content (AvgIpc) is 2.44. The molecule has 0 aromatic heterocycles. The standard InChI is InChI=1S/C16H26N2O2/c1-12(2)9-14(10-17)16(19)18(3)11-13-5-7-15(20-4)8-6-13/h5-8,12,14H,9-11,17H2,1-4H3. The van der Waals surface area contributed by atoms with E-state index < -0.39 is 0 Å². The summed E-state index contributed by atoms with van der Waals surface area (Å²) in [6, 6.07) is 7.76. The topological polar surface area (TPSA) is 55.6 Å². The minimum Gasteiger partial charge on any atom is -0.497 e. The van der Waals surface area contributed by atoms with Crippen LogP contribution in [0.2, 0.25) is 0 Å². The van der Waals surface area contributed by atoms with Gasteiger partial charge in [-0.1, -0.05) is 26.0 Å². The predicted octanol–water partition coefficient (Wildman–Crippen LogP) is 2.27. The largest absolute Gasteiger partial charge is 0.497 e. The van der Waals surface area contributed by atoms with Gasteiger partial charge in [0.05, 0.1) is 13.0 Å². The van der Waals surface area contributed by atoms with Crippen LogP contribution in [0.3, 0.4) is 0 Å². The van der Waals surface area contributed by atoms with Gasteiger partial charge >= 0.3 is 0 Å². The van der Waals surface area contributed by atoms with E-state index in [2.05, 4.69) is 13.8 Å². The molecule has 1 unspecified atom stereocenters. The summed E-state index contributed by atoms with van der Waals surface area (Å²) in [5.41, 5.74) is 6.81. The van der Waals surface area contributed by atoms with Crippen LogP contribution in [0.1, 0.15) is 25.8 Å². The van der Waals surface area contributed by atoms with Crippen LogP contribution in [-0.2, 0) is 11.3 Å². The lowest BCUT2D eigenvalue weighted by Crippen LogP contribution is -2.36. The van der Waals surface area contributed by atoms with Crippen molar-refractivity contribution < 1.29 is 9.53 Å². The van der Waals surface area contributed by atoms with Crippen molar-refractivity contribution in [3.05, 3.63) is 29.8 Å². The maximum absolute atomic E-state index is 12.4. The first-order valence-corrected chi connectivity index (χ1v) is 7.05. The second kappa shape index (κ2) is 7.90. The summed E-state index contributed by atoms with van der Waals surface area (Å²) in [5.74, 6) is 1.33. The number of ether oxygens (including phenoxy) is 1. The van der Waals surface area contributed by atoms with E-state index >= 15 is 0 Å². The Morgan fingerprint density at radius 2 is 1.90 bits per heavy atom. The summed E-state index contributed by atoms with van der Waals surface area (Å²) in [7, 11) is 3.47. The van der Waals surface area contributed by atoms with Gasteiger partial charge in [0.15, 0.2) is 0 Å². The molecule has 0 aliphatic heterocycles. The Kier molecular flexibility index (Phi) is 6.52. The van der Waals surface area contributed by atoms with E-state index in [1.54, 1.807) is 12.0 Å². The fourth-order valence-corrected chi connectivity index (χ4v) is 2.26. The Morgan fingerprint density at radius 3 is 2.35 bits per heavy atom. The molecule has 0 bridgehead atoms. The summed E-state index contributed by atoms with van der Waals surface area (Å²) in [5, 5.41) is 0. The van der Waals surface area contributed by atoms with Gasteiger partial charge in [0.1, 0.15) is 5.75 Å². The molecule has 0 fully saturated rings. The quantitative estimate of drug-likeness (QED) is 0.832. The van der Waals surface area contributed by atoms with Crippen molar-refractivity contribution in [2.24, 2.45) is 17.6 Å². The van der Waals surface area contributed by atoms with E-state index in [0.29, 0.717) is 19.0 Å². The molecule has 0 radical (unpaired) electrons. The average molecular weight is 278 g/mol. The van der Waals surface area contributed by atoms with E-state index in [4.69, 9.17) is 10.5 Å². The highest BCUT2D eigenvalue weighted by atomic mass is 16.5. The number of benzene rings is 1. The number of nitrogens with zero attached hydrogens (tertiary/aromatic N) is 1. The van der Waals surface area contributed by atoms with Gasteiger partial charge in [0.2, 0.25) is 5.91 Å². The Hall–Kier alpha value is -1.55. The number of hydrogen-bond acceptors (Lipinski definition) is 3. The fraction of sp³-hybridized carbons (Fsp3) is 0.562. The molecule has 0 heterocycles. The Bertz CT molecular complexity index is 415. The molecule has 1 amide bonds. The molecule has 1 rings (SSSR count). The number of hydrogen-bond donors (Lipinski definition) is 1. The van der Waals surface area contributed by atoms with Gasteiger partial charge in [-0.15, -0.1) is 0 Å². The van der Waals surface area contributed by atoms with E-state index in [0.717, 1.165) is 17.7 Å². The summed E-state index contributed by atoms with van der Waals surface area (Å²) in [6.07, 6.45) is 0.836.